The summed E-state index contributed by atoms with van der Waals surface area (Å²) in [5, 5.41) is 3.15. The number of benzene rings is 2. The normalized spacial score (nSPS) is 18.7. The summed E-state index contributed by atoms with van der Waals surface area (Å²) in [5.74, 6) is -1.44. The molecule has 0 saturated carbocycles. The minimum atomic E-state index is -0.841. The first-order valence-electron chi connectivity index (χ1n) is 9.26. The number of fused-ring (bicyclic) bond motifs is 1. The van der Waals surface area contributed by atoms with Crippen molar-refractivity contribution in [3.8, 4) is 0 Å². The SMILES string of the molecule is O=C1NCCN(C(=O)CCN2C(=O)c3ccccc3C2=O)C1c1ccccc1Cl. The highest BCUT2D eigenvalue weighted by atomic mass is 35.5. The van der Waals surface area contributed by atoms with E-state index in [0.29, 0.717) is 34.8 Å². The highest BCUT2D eigenvalue weighted by Crippen LogP contribution is 2.30. The number of rotatable bonds is 4. The van der Waals surface area contributed by atoms with E-state index in [9.17, 15) is 19.2 Å². The summed E-state index contributed by atoms with van der Waals surface area (Å²) in [6, 6.07) is 12.6. The summed E-state index contributed by atoms with van der Waals surface area (Å²) in [6.07, 6.45) is -0.0697. The standard InChI is InChI=1S/C21H18ClN3O4/c22-16-8-4-3-7-15(16)18-19(27)23-10-12-24(18)17(26)9-11-25-20(28)13-5-1-2-6-14(13)21(25)29/h1-8,18H,9-12H2,(H,23,27). The largest absolute Gasteiger partial charge is 0.352 e. The fourth-order valence-electron chi connectivity index (χ4n) is 3.73. The Morgan fingerprint density at radius 1 is 1.00 bits per heavy atom. The maximum absolute atomic E-state index is 12.9. The van der Waals surface area contributed by atoms with E-state index in [1.165, 1.54) is 4.90 Å². The van der Waals surface area contributed by atoms with Gasteiger partial charge in [-0.05, 0) is 18.2 Å². The molecule has 1 atom stereocenters. The third-order valence-corrected chi connectivity index (χ3v) is 5.50. The van der Waals surface area contributed by atoms with Gasteiger partial charge in [-0.3, -0.25) is 24.1 Å². The molecule has 1 N–H and O–H groups in total. The molecule has 0 aromatic heterocycles. The first-order valence-corrected chi connectivity index (χ1v) is 9.63. The van der Waals surface area contributed by atoms with Crippen molar-refractivity contribution >= 4 is 35.2 Å². The zero-order valence-corrected chi connectivity index (χ0v) is 16.2. The number of halogens is 1. The van der Waals surface area contributed by atoms with Crippen LogP contribution in [0.5, 0.6) is 0 Å². The molecule has 29 heavy (non-hydrogen) atoms. The van der Waals surface area contributed by atoms with Crippen LogP contribution in [0.25, 0.3) is 0 Å². The lowest BCUT2D eigenvalue weighted by Crippen LogP contribution is -2.52. The summed E-state index contributed by atoms with van der Waals surface area (Å²) >= 11 is 6.25. The van der Waals surface area contributed by atoms with Gasteiger partial charge >= 0.3 is 0 Å². The molecule has 7 nitrogen and oxygen atoms in total. The molecular formula is C21H18ClN3O4. The van der Waals surface area contributed by atoms with Crippen LogP contribution in [-0.4, -0.2) is 53.1 Å². The van der Waals surface area contributed by atoms with Crippen LogP contribution >= 0.6 is 11.6 Å². The predicted octanol–water partition coefficient (Wildman–Crippen LogP) is 2.03. The second-order valence-electron chi connectivity index (χ2n) is 6.86. The maximum Gasteiger partial charge on any atom is 0.261 e. The van der Waals surface area contributed by atoms with Crippen LogP contribution in [0.4, 0.5) is 0 Å². The van der Waals surface area contributed by atoms with Crippen molar-refractivity contribution in [1.82, 2.24) is 15.1 Å². The fraction of sp³-hybridized carbons (Fsp3) is 0.238. The maximum atomic E-state index is 12.9. The molecule has 1 unspecified atom stereocenters. The first-order chi connectivity index (χ1) is 14.0. The van der Waals surface area contributed by atoms with E-state index in [1.807, 2.05) is 0 Å². The van der Waals surface area contributed by atoms with Crippen molar-refractivity contribution in [2.24, 2.45) is 0 Å². The lowest BCUT2D eigenvalue weighted by molar-refractivity contribution is -0.143. The van der Waals surface area contributed by atoms with Gasteiger partial charge in [-0.25, -0.2) is 0 Å². The minimum Gasteiger partial charge on any atom is -0.352 e. The van der Waals surface area contributed by atoms with E-state index in [-0.39, 0.29) is 24.8 Å². The Balaban J connectivity index is 1.50. The van der Waals surface area contributed by atoms with Crippen LogP contribution in [0.15, 0.2) is 48.5 Å². The van der Waals surface area contributed by atoms with Crippen molar-refractivity contribution < 1.29 is 19.2 Å². The summed E-state index contributed by atoms with van der Waals surface area (Å²) in [4.78, 5) is 52.9. The van der Waals surface area contributed by atoms with E-state index in [4.69, 9.17) is 11.6 Å². The van der Waals surface area contributed by atoms with Crippen LogP contribution in [0.1, 0.15) is 38.7 Å². The van der Waals surface area contributed by atoms with E-state index >= 15 is 0 Å². The highest BCUT2D eigenvalue weighted by Gasteiger charge is 2.38. The second-order valence-corrected chi connectivity index (χ2v) is 7.27. The summed E-state index contributed by atoms with van der Waals surface area (Å²) < 4.78 is 0. The molecule has 0 radical (unpaired) electrons. The Morgan fingerprint density at radius 3 is 2.28 bits per heavy atom. The smallest absolute Gasteiger partial charge is 0.261 e. The molecule has 1 fully saturated rings. The fourth-order valence-corrected chi connectivity index (χ4v) is 3.97. The Kier molecular flexibility index (Phi) is 5.07. The molecule has 8 heteroatoms. The minimum absolute atomic E-state index is 0.0431. The number of amides is 4. The summed E-state index contributed by atoms with van der Waals surface area (Å²) in [7, 11) is 0. The average Bonchev–Trinajstić information content (AvgIpc) is 2.97. The van der Waals surface area contributed by atoms with Gasteiger partial charge in [0.05, 0.1) is 11.1 Å². The van der Waals surface area contributed by atoms with Gasteiger partial charge in [0, 0.05) is 36.6 Å². The number of nitrogens with one attached hydrogen (secondary N) is 1. The highest BCUT2D eigenvalue weighted by molar-refractivity contribution is 6.31. The van der Waals surface area contributed by atoms with Gasteiger partial charge in [-0.2, -0.15) is 0 Å². The average molecular weight is 412 g/mol. The summed E-state index contributed by atoms with van der Waals surface area (Å²) in [5.41, 5.74) is 1.23. The molecule has 4 amide bonds. The monoisotopic (exact) mass is 411 g/mol. The van der Waals surface area contributed by atoms with Gasteiger partial charge in [-0.1, -0.05) is 41.9 Å². The molecule has 0 spiro atoms. The summed E-state index contributed by atoms with van der Waals surface area (Å²) in [6.45, 7) is 0.611. The first kappa shape index (κ1) is 19.1. The van der Waals surface area contributed by atoms with Crippen molar-refractivity contribution in [3.05, 3.63) is 70.2 Å². The third kappa shape index (κ3) is 3.38. The van der Waals surface area contributed by atoms with Crippen molar-refractivity contribution in [2.45, 2.75) is 12.5 Å². The van der Waals surface area contributed by atoms with Crippen molar-refractivity contribution in [3.63, 3.8) is 0 Å². The van der Waals surface area contributed by atoms with E-state index in [1.54, 1.807) is 48.5 Å². The van der Waals surface area contributed by atoms with Gasteiger partial charge in [0.25, 0.3) is 11.8 Å². The molecule has 2 aliphatic heterocycles. The number of hydrogen-bond donors (Lipinski definition) is 1. The third-order valence-electron chi connectivity index (χ3n) is 5.16. The molecule has 1 saturated heterocycles. The zero-order valence-electron chi connectivity index (χ0n) is 15.4. The predicted molar refractivity (Wildman–Crippen MR) is 105 cm³/mol. The Morgan fingerprint density at radius 2 is 1.62 bits per heavy atom. The van der Waals surface area contributed by atoms with Crippen molar-refractivity contribution in [2.75, 3.05) is 19.6 Å². The molecule has 148 valence electrons. The van der Waals surface area contributed by atoms with E-state index in [0.717, 1.165) is 4.90 Å². The van der Waals surface area contributed by atoms with Crippen LogP contribution in [0.2, 0.25) is 5.02 Å². The molecule has 2 aromatic carbocycles. The van der Waals surface area contributed by atoms with Gasteiger partial charge < -0.3 is 10.2 Å². The van der Waals surface area contributed by atoms with Crippen LogP contribution in [0.3, 0.4) is 0 Å². The lowest BCUT2D eigenvalue weighted by atomic mass is 10.0. The van der Waals surface area contributed by atoms with Gasteiger partial charge in [0.1, 0.15) is 6.04 Å². The molecule has 2 aliphatic rings. The molecular weight excluding hydrogens is 394 g/mol. The van der Waals surface area contributed by atoms with Gasteiger partial charge in [0.15, 0.2) is 0 Å². The van der Waals surface area contributed by atoms with Gasteiger partial charge in [-0.15, -0.1) is 0 Å². The van der Waals surface area contributed by atoms with Crippen molar-refractivity contribution in [1.29, 1.82) is 0 Å². The Labute approximate surface area is 172 Å². The number of carbonyl (C=O) groups is 4. The van der Waals surface area contributed by atoms with Gasteiger partial charge in [0.2, 0.25) is 11.8 Å². The Bertz CT molecular complexity index is 987. The number of imide groups is 1. The van der Waals surface area contributed by atoms with E-state index < -0.39 is 17.9 Å². The molecule has 2 aromatic rings. The van der Waals surface area contributed by atoms with Crippen LogP contribution in [0, 0.1) is 0 Å². The molecule has 4 rings (SSSR count). The quantitative estimate of drug-likeness (QED) is 0.780. The topological polar surface area (TPSA) is 86.8 Å². The molecule has 0 aliphatic carbocycles. The Hall–Kier alpha value is -3.19. The molecule has 0 bridgehead atoms. The number of piperazine rings is 1. The van der Waals surface area contributed by atoms with Crippen LogP contribution in [-0.2, 0) is 9.59 Å². The number of nitrogens with zero attached hydrogens (tertiary/aromatic N) is 2. The lowest BCUT2D eigenvalue weighted by Gasteiger charge is -2.36. The number of hydrogen-bond acceptors (Lipinski definition) is 4. The molecule has 2 heterocycles. The zero-order chi connectivity index (χ0) is 20.5. The van der Waals surface area contributed by atoms with E-state index in [2.05, 4.69) is 5.32 Å². The van der Waals surface area contributed by atoms with Crippen LogP contribution < -0.4 is 5.32 Å². The number of carbonyl (C=O) groups excluding carboxylic acids is 4. The second kappa shape index (κ2) is 7.67.